The number of carbonyl (C=O) groups is 1. The van der Waals surface area contributed by atoms with Crippen molar-refractivity contribution < 1.29 is 9.53 Å². The number of hydrogen-bond donors (Lipinski definition) is 1. The second-order valence-corrected chi connectivity index (χ2v) is 8.47. The average molecular weight is 388 g/mol. The van der Waals surface area contributed by atoms with Gasteiger partial charge >= 0.3 is 5.97 Å². The number of fused-ring (bicyclic) bond motifs is 4. The zero-order chi connectivity index (χ0) is 17.6. The van der Waals surface area contributed by atoms with Crippen LogP contribution in [0, 0.1) is 0 Å². The van der Waals surface area contributed by atoms with Gasteiger partial charge in [-0.25, -0.2) is 4.79 Å². The third-order valence-corrected chi connectivity index (χ3v) is 7.20. The molecule has 1 unspecified atom stereocenters. The minimum Gasteiger partial charge on any atom is -0.462 e. The van der Waals surface area contributed by atoms with E-state index in [0.717, 1.165) is 16.2 Å². The second kappa shape index (κ2) is 6.67. The van der Waals surface area contributed by atoms with Crippen LogP contribution in [-0.2, 0) is 9.53 Å². The lowest BCUT2D eigenvalue weighted by atomic mass is 9.99. The summed E-state index contributed by atoms with van der Waals surface area (Å²) in [5.74, 6) is -0.228. The molecule has 0 fully saturated rings. The number of thiol groups is 1. The van der Waals surface area contributed by atoms with E-state index >= 15 is 0 Å². The summed E-state index contributed by atoms with van der Waals surface area (Å²) in [5.41, 5.74) is 4.56. The van der Waals surface area contributed by atoms with Crippen molar-refractivity contribution >= 4 is 42.3 Å². The fraction of sp³-hybridized carbons (Fsp3) is 0.211. The van der Waals surface area contributed by atoms with Gasteiger partial charge in [0.2, 0.25) is 0 Å². The van der Waals surface area contributed by atoms with Gasteiger partial charge in [0, 0.05) is 15.5 Å². The number of carbonyl (C=O) groups excluding carboxylic acids is 1. The maximum absolute atomic E-state index is 12.3. The van der Waals surface area contributed by atoms with E-state index in [4.69, 9.17) is 4.74 Å². The van der Waals surface area contributed by atoms with E-state index in [9.17, 15) is 4.79 Å². The highest BCUT2D eigenvalue weighted by Crippen LogP contribution is 2.57. The lowest BCUT2D eigenvalue weighted by Gasteiger charge is -2.32. The van der Waals surface area contributed by atoms with Crippen LogP contribution in [0.1, 0.15) is 24.8 Å². The molecule has 0 saturated heterocycles. The Hall–Kier alpha value is -1.50. The summed E-state index contributed by atoms with van der Waals surface area (Å²) in [7, 11) is 0. The fourth-order valence-corrected chi connectivity index (χ4v) is 5.70. The molecular weight excluding hydrogens is 370 g/mol. The number of rotatable bonds is 3. The summed E-state index contributed by atoms with van der Waals surface area (Å²) in [4.78, 5) is 15.1. The van der Waals surface area contributed by atoms with Crippen molar-refractivity contribution in [3.8, 4) is 11.1 Å². The molecule has 2 aromatic carbocycles. The highest BCUT2D eigenvalue weighted by atomic mass is 32.2. The smallest absolute Gasteiger partial charge is 0.346 e. The third-order valence-electron chi connectivity index (χ3n) is 4.23. The summed E-state index contributed by atoms with van der Waals surface area (Å²) in [6, 6.07) is 14.7. The Morgan fingerprint density at radius 2 is 2.00 bits per heavy atom. The summed E-state index contributed by atoms with van der Waals surface area (Å²) >= 11 is 7.63. The van der Waals surface area contributed by atoms with Crippen LogP contribution >= 0.6 is 36.3 Å². The van der Waals surface area contributed by atoms with Crippen molar-refractivity contribution in [2.45, 2.75) is 29.0 Å². The van der Waals surface area contributed by atoms with Gasteiger partial charge in [-0.05, 0) is 66.8 Å². The zero-order valence-corrected chi connectivity index (χ0v) is 16.4. The maximum Gasteiger partial charge on any atom is 0.346 e. The molecule has 0 saturated carbocycles. The van der Waals surface area contributed by atoms with Gasteiger partial charge in [0.25, 0.3) is 0 Å². The molecule has 0 aliphatic carbocycles. The van der Waals surface area contributed by atoms with E-state index in [1.165, 1.54) is 16.0 Å². The van der Waals surface area contributed by atoms with E-state index in [2.05, 4.69) is 47.3 Å². The lowest BCUT2D eigenvalue weighted by Crippen LogP contribution is -2.18. The van der Waals surface area contributed by atoms with Gasteiger partial charge in [0.1, 0.15) is 10.3 Å². The number of ether oxygens (including phenoxy) is 1. The van der Waals surface area contributed by atoms with Crippen LogP contribution in [-0.4, -0.2) is 16.9 Å². The number of benzene rings is 2. The molecule has 2 bridgehead atoms. The lowest BCUT2D eigenvalue weighted by molar-refractivity contribution is -0.137. The van der Waals surface area contributed by atoms with Gasteiger partial charge in [0.05, 0.1) is 6.61 Å². The van der Waals surface area contributed by atoms with Gasteiger partial charge in [-0.3, -0.25) is 4.31 Å². The number of hydrogen-bond acceptors (Lipinski definition) is 6. The van der Waals surface area contributed by atoms with Crippen molar-refractivity contribution in [1.29, 1.82) is 0 Å². The van der Waals surface area contributed by atoms with Crippen molar-refractivity contribution in [2.24, 2.45) is 0 Å². The van der Waals surface area contributed by atoms with E-state index in [0.29, 0.717) is 11.5 Å². The highest BCUT2D eigenvalue weighted by Gasteiger charge is 2.39. The van der Waals surface area contributed by atoms with Crippen LogP contribution in [0.4, 0.5) is 0 Å². The van der Waals surface area contributed by atoms with Gasteiger partial charge in [-0.2, -0.15) is 0 Å². The van der Waals surface area contributed by atoms with E-state index < -0.39 is 0 Å². The molecule has 0 radical (unpaired) electrons. The van der Waals surface area contributed by atoms with Crippen LogP contribution in [0.3, 0.4) is 0 Å². The number of nitrogens with zero attached hydrogens (tertiary/aromatic N) is 1. The minimum atomic E-state index is -0.228. The predicted molar refractivity (Wildman–Crippen MR) is 106 cm³/mol. The van der Waals surface area contributed by atoms with Gasteiger partial charge in [-0.15, -0.1) is 12.6 Å². The molecule has 25 heavy (non-hydrogen) atoms. The molecule has 4 rings (SSSR count). The molecule has 6 heteroatoms. The van der Waals surface area contributed by atoms with E-state index in [1.54, 1.807) is 23.7 Å². The molecule has 0 aromatic heterocycles. The Bertz CT molecular complexity index is 877. The summed E-state index contributed by atoms with van der Waals surface area (Å²) in [6.07, 6.45) is 0. The predicted octanol–water partition coefficient (Wildman–Crippen LogP) is 5.51. The Labute approximate surface area is 161 Å². The Kier molecular flexibility index (Phi) is 4.52. The van der Waals surface area contributed by atoms with Gasteiger partial charge < -0.3 is 4.74 Å². The standard InChI is InChI=1S/C19H17NO2S3/c1-3-22-19(21)17-11(2)20-18(24-17)16-10-14(25-20)8-9-15(16)12-4-6-13(23)7-5-12/h4-10,18,23H,3H2,1-2H3. The third kappa shape index (κ3) is 2.96. The molecule has 0 amide bonds. The Balaban J connectivity index is 1.74. The zero-order valence-electron chi connectivity index (χ0n) is 13.9. The molecule has 0 N–H and O–H groups in total. The first-order valence-electron chi connectivity index (χ1n) is 8.03. The van der Waals surface area contributed by atoms with E-state index in [-0.39, 0.29) is 11.3 Å². The van der Waals surface area contributed by atoms with Crippen molar-refractivity contribution in [3.63, 3.8) is 0 Å². The Morgan fingerprint density at radius 1 is 1.24 bits per heavy atom. The second-order valence-electron chi connectivity index (χ2n) is 5.82. The largest absolute Gasteiger partial charge is 0.462 e. The molecule has 2 heterocycles. The number of esters is 1. The summed E-state index contributed by atoms with van der Waals surface area (Å²) in [5, 5.41) is 0.0868. The van der Waals surface area contributed by atoms with Crippen LogP contribution in [0.25, 0.3) is 11.1 Å². The summed E-state index contributed by atoms with van der Waals surface area (Å²) < 4.78 is 7.45. The Morgan fingerprint density at radius 3 is 2.72 bits per heavy atom. The van der Waals surface area contributed by atoms with Crippen molar-refractivity contribution in [3.05, 3.63) is 58.6 Å². The van der Waals surface area contributed by atoms with Crippen molar-refractivity contribution in [2.75, 3.05) is 6.61 Å². The first-order valence-corrected chi connectivity index (χ1v) is 10.1. The monoisotopic (exact) mass is 387 g/mol. The molecule has 1 atom stereocenters. The van der Waals surface area contributed by atoms with Crippen LogP contribution in [0.5, 0.6) is 0 Å². The van der Waals surface area contributed by atoms with Gasteiger partial charge in [0.15, 0.2) is 0 Å². The SMILES string of the molecule is CCOC(=O)C1=C(C)N2Sc3ccc(-c4ccc(S)cc4)c(c3)C2S1. The van der Waals surface area contributed by atoms with Gasteiger partial charge in [-0.1, -0.05) is 30.0 Å². The number of thioether (sulfide) groups is 1. The summed E-state index contributed by atoms with van der Waals surface area (Å²) in [6.45, 7) is 4.22. The fourth-order valence-electron chi connectivity index (χ4n) is 3.04. The maximum atomic E-state index is 12.3. The normalized spacial score (nSPS) is 18.4. The highest BCUT2D eigenvalue weighted by molar-refractivity contribution is 8.06. The van der Waals surface area contributed by atoms with Crippen LogP contribution in [0.15, 0.2) is 62.9 Å². The molecule has 2 aliphatic rings. The molecule has 0 spiro atoms. The average Bonchev–Trinajstić information content (AvgIpc) is 2.94. The van der Waals surface area contributed by atoms with Crippen molar-refractivity contribution in [1.82, 2.24) is 4.31 Å². The topological polar surface area (TPSA) is 29.5 Å². The minimum absolute atomic E-state index is 0.0868. The molecule has 2 aliphatic heterocycles. The first kappa shape index (κ1) is 16.9. The molecule has 2 aromatic rings. The number of allylic oxidation sites excluding steroid dienone is 1. The van der Waals surface area contributed by atoms with Crippen LogP contribution in [0.2, 0.25) is 0 Å². The first-order chi connectivity index (χ1) is 12.1. The molecular formula is C19H17NO2S3. The van der Waals surface area contributed by atoms with Crippen LogP contribution < -0.4 is 0 Å². The molecule has 128 valence electrons. The molecule has 3 nitrogen and oxygen atoms in total. The van der Waals surface area contributed by atoms with E-state index in [1.807, 2.05) is 26.0 Å². The quantitative estimate of drug-likeness (QED) is 0.426.